The minimum Gasteiger partial charge on any atom is -0.501 e. The van der Waals surface area contributed by atoms with E-state index in [1.165, 1.54) is 20.4 Å². The van der Waals surface area contributed by atoms with Crippen LogP contribution in [0.5, 0.6) is 11.5 Å². The molecule has 0 saturated carbocycles. The summed E-state index contributed by atoms with van der Waals surface area (Å²) in [5.74, 6) is -3.44. The van der Waals surface area contributed by atoms with Crippen LogP contribution in [0.25, 0.3) is 0 Å². The molecule has 3 aromatic rings. The largest absolute Gasteiger partial charge is 0.501 e. The van der Waals surface area contributed by atoms with Crippen LogP contribution in [-0.4, -0.2) is 62.5 Å². The van der Waals surface area contributed by atoms with E-state index in [1.54, 1.807) is 12.1 Å². The van der Waals surface area contributed by atoms with Gasteiger partial charge < -0.3 is 24.2 Å². The number of hydrogen-bond acceptors (Lipinski definition) is 6. The van der Waals surface area contributed by atoms with Crippen LogP contribution in [0.3, 0.4) is 0 Å². The molecular formula is C26H24F2N4O5. The lowest BCUT2D eigenvalue weighted by Gasteiger charge is -2.33. The van der Waals surface area contributed by atoms with Crippen molar-refractivity contribution in [1.29, 1.82) is 0 Å². The zero-order valence-electron chi connectivity index (χ0n) is 19.8. The fourth-order valence-electron chi connectivity index (χ4n) is 4.86. The van der Waals surface area contributed by atoms with Crippen molar-refractivity contribution in [2.45, 2.75) is 25.4 Å². The van der Waals surface area contributed by atoms with Crippen LogP contribution in [0, 0.1) is 11.6 Å². The van der Waals surface area contributed by atoms with Crippen LogP contribution in [0.2, 0.25) is 0 Å². The van der Waals surface area contributed by atoms with Gasteiger partial charge in [-0.3, -0.25) is 14.4 Å². The number of nitrogens with zero attached hydrogens (tertiary/aromatic N) is 4. The van der Waals surface area contributed by atoms with Gasteiger partial charge in [0.05, 0.1) is 12.6 Å². The van der Waals surface area contributed by atoms with Crippen molar-refractivity contribution in [2.75, 3.05) is 26.2 Å². The maximum Gasteiger partial charge on any atom is 0.315 e. The summed E-state index contributed by atoms with van der Waals surface area (Å²) in [7, 11) is 0. The number of aromatic hydroxyl groups is 1. The van der Waals surface area contributed by atoms with E-state index < -0.39 is 46.4 Å². The fourth-order valence-corrected chi connectivity index (χ4v) is 4.86. The molecule has 3 heterocycles. The Hall–Kier alpha value is -4.28. The van der Waals surface area contributed by atoms with E-state index in [9.17, 15) is 28.3 Å². The fraction of sp³-hybridized carbons (Fsp3) is 0.308. The zero-order valence-corrected chi connectivity index (χ0v) is 19.8. The Morgan fingerprint density at radius 2 is 1.76 bits per heavy atom. The summed E-state index contributed by atoms with van der Waals surface area (Å²) < 4.78 is 35.7. The molecule has 2 aliphatic heterocycles. The van der Waals surface area contributed by atoms with Gasteiger partial charge in [0.25, 0.3) is 11.8 Å². The number of halogens is 2. The van der Waals surface area contributed by atoms with Crippen LogP contribution < -0.4 is 10.3 Å². The molecule has 0 bridgehead atoms. The predicted octanol–water partition coefficient (Wildman–Crippen LogP) is 2.74. The number of aromatic nitrogens is 2. The first-order valence-corrected chi connectivity index (χ1v) is 11.9. The second-order valence-electron chi connectivity index (χ2n) is 8.83. The molecule has 5 rings (SSSR count). The summed E-state index contributed by atoms with van der Waals surface area (Å²) in [5, 5.41) is 10.5. The highest BCUT2D eigenvalue weighted by molar-refractivity contribution is 5.96. The summed E-state index contributed by atoms with van der Waals surface area (Å²) in [5.41, 5.74) is -1.92. The Balaban J connectivity index is 1.42. The number of fused-ring (bicyclic) bond motifs is 1. The lowest BCUT2D eigenvalue weighted by molar-refractivity contribution is 0.0655. The Morgan fingerprint density at radius 3 is 2.49 bits per heavy atom. The number of para-hydroxylation sites is 1. The minimum absolute atomic E-state index is 0.105. The Labute approximate surface area is 210 Å². The van der Waals surface area contributed by atoms with Gasteiger partial charge >= 0.3 is 5.56 Å². The Kier molecular flexibility index (Phi) is 6.60. The molecule has 0 radical (unpaired) electrons. The van der Waals surface area contributed by atoms with Crippen molar-refractivity contribution in [1.82, 2.24) is 19.4 Å². The normalized spacial score (nSPS) is 17.1. The van der Waals surface area contributed by atoms with Crippen molar-refractivity contribution < 1.29 is 28.2 Å². The highest BCUT2D eigenvalue weighted by atomic mass is 19.1. The number of benzene rings is 2. The Morgan fingerprint density at radius 1 is 1.03 bits per heavy atom. The molecule has 1 unspecified atom stereocenters. The van der Waals surface area contributed by atoms with Gasteiger partial charge in [-0.2, -0.15) is 4.98 Å². The average Bonchev–Trinajstić information content (AvgIpc) is 3.37. The van der Waals surface area contributed by atoms with E-state index in [-0.39, 0.29) is 44.3 Å². The van der Waals surface area contributed by atoms with Gasteiger partial charge in [0, 0.05) is 19.6 Å². The van der Waals surface area contributed by atoms with Gasteiger partial charge in [0.1, 0.15) is 35.4 Å². The number of ether oxygens (including phenoxy) is 1. The predicted molar refractivity (Wildman–Crippen MR) is 127 cm³/mol. The Bertz CT molecular complexity index is 1390. The van der Waals surface area contributed by atoms with Gasteiger partial charge in [-0.1, -0.05) is 24.3 Å². The third-order valence-electron chi connectivity index (χ3n) is 6.63. The molecule has 1 atom stereocenters. The van der Waals surface area contributed by atoms with E-state index in [4.69, 9.17) is 4.74 Å². The SMILES string of the molecule is O=C1c2c(O)c(=O)nc(C3CCCN3C(=O)c3c(F)cccc3F)n2CCN1CCOc1ccccc1. The van der Waals surface area contributed by atoms with Crippen molar-refractivity contribution >= 4 is 11.8 Å². The zero-order chi connectivity index (χ0) is 26.1. The first-order chi connectivity index (χ1) is 17.9. The minimum atomic E-state index is -1.01. The van der Waals surface area contributed by atoms with E-state index in [1.807, 2.05) is 18.2 Å². The number of likely N-dealkylation sites (tertiary alicyclic amines) is 1. The van der Waals surface area contributed by atoms with Crippen LogP contribution >= 0.6 is 0 Å². The molecule has 192 valence electrons. The van der Waals surface area contributed by atoms with E-state index in [0.29, 0.717) is 18.6 Å². The molecule has 37 heavy (non-hydrogen) atoms. The van der Waals surface area contributed by atoms with Gasteiger partial charge in [-0.15, -0.1) is 0 Å². The molecule has 1 saturated heterocycles. The highest BCUT2D eigenvalue weighted by Gasteiger charge is 2.39. The lowest BCUT2D eigenvalue weighted by atomic mass is 10.1. The molecule has 1 fully saturated rings. The molecule has 1 N–H and O–H groups in total. The summed E-state index contributed by atoms with van der Waals surface area (Å²) >= 11 is 0. The molecule has 0 aliphatic carbocycles. The average molecular weight is 510 g/mol. The van der Waals surface area contributed by atoms with Crippen molar-refractivity contribution in [3.63, 3.8) is 0 Å². The second kappa shape index (κ2) is 10.00. The summed E-state index contributed by atoms with van der Waals surface area (Å²) in [6.45, 7) is 1.08. The number of rotatable bonds is 6. The number of hydrogen-bond donors (Lipinski definition) is 1. The number of carbonyl (C=O) groups is 2. The lowest BCUT2D eigenvalue weighted by Crippen LogP contribution is -2.46. The van der Waals surface area contributed by atoms with Gasteiger partial charge in [-0.05, 0) is 37.1 Å². The topological polar surface area (TPSA) is 105 Å². The number of amides is 2. The third-order valence-corrected chi connectivity index (χ3v) is 6.63. The van der Waals surface area contributed by atoms with Gasteiger partial charge in [-0.25, -0.2) is 8.78 Å². The van der Waals surface area contributed by atoms with Crippen molar-refractivity contribution in [2.24, 2.45) is 0 Å². The molecule has 2 aliphatic rings. The van der Waals surface area contributed by atoms with E-state index in [2.05, 4.69) is 4.98 Å². The standard InChI is InChI=1S/C26H24F2N4O5/c27-17-8-4-9-18(28)20(17)25(35)31-11-5-10-19(31)23-29-24(34)22(33)21-26(36)30(12-13-32(21)23)14-15-37-16-6-2-1-3-7-16/h1-4,6-9,19,33H,5,10-15H2. The van der Waals surface area contributed by atoms with Crippen molar-refractivity contribution in [3.8, 4) is 11.5 Å². The molecule has 11 heteroatoms. The van der Waals surface area contributed by atoms with Crippen LogP contribution in [-0.2, 0) is 6.54 Å². The van der Waals surface area contributed by atoms with E-state index >= 15 is 0 Å². The molecule has 1 aromatic heterocycles. The van der Waals surface area contributed by atoms with Gasteiger partial charge in [0.15, 0.2) is 5.69 Å². The number of carbonyl (C=O) groups excluding carboxylic acids is 2. The molecule has 2 aromatic carbocycles. The van der Waals surface area contributed by atoms with Crippen molar-refractivity contribution in [3.05, 3.63) is 87.6 Å². The quantitative estimate of drug-likeness (QED) is 0.547. The van der Waals surface area contributed by atoms with Crippen LogP contribution in [0.15, 0.2) is 53.3 Å². The molecule has 9 nitrogen and oxygen atoms in total. The second-order valence-corrected chi connectivity index (χ2v) is 8.83. The summed E-state index contributed by atoms with van der Waals surface area (Å²) in [6.07, 6.45) is 0.886. The maximum atomic E-state index is 14.3. The first kappa shape index (κ1) is 24.4. The highest BCUT2D eigenvalue weighted by Crippen LogP contribution is 2.35. The monoisotopic (exact) mass is 510 g/mol. The summed E-state index contributed by atoms with van der Waals surface area (Å²) in [6, 6.07) is 11.5. The summed E-state index contributed by atoms with van der Waals surface area (Å²) in [4.78, 5) is 45.7. The smallest absolute Gasteiger partial charge is 0.315 e. The molecular weight excluding hydrogens is 486 g/mol. The molecule has 2 amide bonds. The maximum absolute atomic E-state index is 14.3. The third kappa shape index (κ3) is 4.52. The van der Waals surface area contributed by atoms with Crippen LogP contribution in [0.4, 0.5) is 8.78 Å². The first-order valence-electron chi connectivity index (χ1n) is 11.9. The van der Waals surface area contributed by atoms with Gasteiger partial charge in [0.2, 0.25) is 5.75 Å². The van der Waals surface area contributed by atoms with E-state index in [0.717, 1.165) is 12.1 Å². The molecule has 0 spiro atoms. The van der Waals surface area contributed by atoms with Crippen LogP contribution in [0.1, 0.15) is 45.6 Å².